The number of benzene rings is 1. The molecule has 1 N–H and O–H groups in total. The van der Waals surface area contributed by atoms with Crippen molar-refractivity contribution in [1.29, 1.82) is 0 Å². The number of ether oxygens (including phenoxy) is 4. The van der Waals surface area contributed by atoms with E-state index in [4.69, 9.17) is 18.9 Å². The van der Waals surface area contributed by atoms with Crippen LogP contribution in [0.3, 0.4) is 0 Å². The summed E-state index contributed by atoms with van der Waals surface area (Å²) in [5.41, 5.74) is 2.23. The third-order valence-electron chi connectivity index (χ3n) is 3.73. The van der Waals surface area contributed by atoms with Gasteiger partial charge < -0.3 is 24.3 Å². The quantitative estimate of drug-likeness (QED) is 0.608. The molecule has 0 fully saturated rings. The highest BCUT2D eigenvalue weighted by molar-refractivity contribution is 5.71. The van der Waals surface area contributed by atoms with Crippen molar-refractivity contribution in [3.8, 4) is 11.5 Å². The fourth-order valence-electron chi connectivity index (χ4n) is 2.62. The maximum atomic E-state index is 11.9. The summed E-state index contributed by atoms with van der Waals surface area (Å²) in [6.45, 7) is 1.50. The largest absolute Gasteiger partial charge is 0.493 e. The van der Waals surface area contributed by atoms with Crippen molar-refractivity contribution in [1.82, 2.24) is 5.32 Å². The van der Waals surface area contributed by atoms with Gasteiger partial charge in [-0.15, -0.1) is 0 Å². The summed E-state index contributed by atoms with van der Waals surface area (Å²) in [5, 5.41) is 3.36. The van der Waals surface area contributed by atoms with Gasteiger partial charge in [-0.3, -0.25) is 4.79 Å². The van der Waals surface area contributed by atoms with Gasteiger partial charge in [0.25, 0.3) is 0 Å². The van der Waals surface area contributed by atoms with Crippen molar-refractivity contribution in [2.24, 2.45) is 0 Å². The van der Waals surface area contributed by atoms with Gasteiger partial charge in [-0.05, 0) is 36.2 Å². The summed E-state index contributed by atoms with van der Waals surface area (Å²) < 4.78 is 20.7. The third kappa shape index (κ3) is 3.90. The van der Waals surface area contributed by atoms with Crippen molar-refractivity contribution in [2.75, 3.05) is 41.1 Å². The van der Waals surface area contributed by atoms with Crippen LogP contribution in [-0.4, -0.2) is 47.1 Å². The zero-order valence-electron chi connectivity index (χ0n) is 13.3. The zero-order valence-corrected chi connectivity index (χ0v) is 13.3. The summed E-state index contributed by atoms with van der Waals surface area (Å²) in [7, 11) is 4.80. The van der Waals surface area contributed by atoms with Gasteiger partial charge in [-0.25, -0.2) is 0 Å². The third-order valence-corrected chi connectivity index (χ3v) is 3.73. The van der Waals surface area contributed by atoms with Crippen molar-refractivity contribution < 1.29 is 23.7 Å². The van der Waals surface area contributed by atoms with Crippen molar-refractivity contribution in [3.05, 3.63) is 23.3 Å². The fraction of sp³-hybridized carbons (Fsp3) is 0.562. The highest BCUT2D eigenvalue weighted by Crippen LogP contribution is 2.36. The molecule has 1 atom stereocenters. The number of methoxy groups -OCH3 is 3. The molecule has 0 unspecified atom stereocenters. The summed E-state index contributed by atoms with van der Waals surface area (Å²) in [4.78, 5) is 11.9. The van der Waals surface area contributed by atoms with Crippen molar-refractivity contribution in [2.45, 2.75) is 18.9 Å². The number of carbonyl (C=O) groups is 1. The zero-order chi connectivity index (χ0) is 15.9. The number of fused-ring (bicyclic) bond motifs is 1. The van der Waals surface area contributed by atoms with Crippen LogP contribution in [0.25, 0.3) is 0 Å². The molecule has 0 radical (unpaired) electrons. The molecule has 0 bridgehead atoms. The molecule has 122 valence electrons. The molecule has 1 aromatic carbocycles. The lowest BCUT2D eigenvalue weighted by Gasteiger charge is -2.27. The minimum atomic E-state index is -0.239. The molecule has 1 heterocycles. The van der Waals surface area contributed by atoms with Crippen LogP contribution in [0.2, 0.25) is 0 Å². The summed E-state index contributed by atoms with van der Waals surface area (Å²) in [6.07, 6.45) is 1.18. The molecule has 0 aliphatic carbocycles. The molecule has 1 aliphatic heterocycles. The van der Waals surface area contributed by atoms with E-state index in [9.17, 15) is 4.79 Å². The first-order chi connectivity index (χ1) is 10.7. The Morgan fingerprint density at radius 2 is 1.91 bits per heavy atom. The summed E-state index contributed by atoms with van der Waals surface area (Å²) in [6, 6.07) is 3.85. The Bertz CT molecular complexity index is 518. The van der Waals surface area contributed by atoms with E-state index in [1.165, 1.54) is 5.56 Å². The average molecular weight is 309 g/mol. The Labute approximate surface area is 130 Å². The Morgan fingerprint density at radius 3 is 2.59 bits per heavy atom. The van der Waals surface area contributed by atoms with Gasteiger partial charge in [0.2, 0.25) is 0 Å². The molecule has 0 saturated carbocycles. The van der Waals surface area contributed by atoms with Gasteiger partial charge in [0.05, 0.1) is 27.2 Å². The van der Waals surface area contributed by atoms with Gasteiger partial charge >= 0.3 is 5.97 Å². The van der Waals surface area contributed by atoms with E-state index in [1.54, 1.807) is 21.3 Å². The molecular formula is C16H23NO5. The van der Waals surface area contributed by atoms with Gasteiger partial charge in [0.1, 0.15) is 6.61 Å². The number of hydrogen-bond donors (Lipinski definition) is 1. The number of nitrogens with one attached hydrogen (secondary N) is 1. The molecule has 22 heavy (non-hydrogen) atoms. The second-order valence-corrected chi connectivity index (χ2v) is 5.08. The molecule has 6 nitrogen and oxygen atoms in total. The van der Waals surface area contributed by atoms with E-state index < -0.39 is 0 Å². The van der Waals surface area contributed by atoms with E-state index >= 15 is 0 Å². The van der Waals surface area contributed by atoms with Crippen LogP contribution in [0.4, 0.5) is 0 Å². The van der Waals surface area contributed by atoms with E-state index in [-0.39, 0.29) is 25.0 Å². The Morgan fingerprint density at radius 1 is 1.18 bits per heavy atom. The predicted molar refractivity (Wildman–Crippen MR) is 81.4 cm³/mol. The Balaban J connectivity index is 2.12. The van der Waals surface area contributed by atoms with Gasteiger partial charge in [-0.1, -0.05) is 0 Å². The van der Waals surface area contributed by atoms with E-state index in [1.807, 2.05) is 12.1 Å². The number of hydrogen-bond acceptors (Lipinski definition) is 6. The monoisotopic (exact) mass is 309 g/mol. The van der Waals surface area contributed by atoms with Crippen LogP contribution in [0.5, 0.6) is 11.5 Å². The minimum absolute atomic E-state index is 0.0707. The number of carbonyl (C=O) groups excluding carboxylic acids is 1. The van der Waals surface area contributed by atoms with Crippen molar-refractivity contribution >= 4 is 5.97 Å². The van der Waals surface area contributed by atoms with E-state index in [2.05, 4.69) is 5.32 Å². The molecule has 6 heteroatoms. The second kappa shape index (κ2) is 8.00. The maximum Gasteiger partial charge on any atom is 0.307 e. The van der Waals surface area contributed by atoms with E-state index in [0.717, 1.165) is 18.5 Å². The van der Waals surface area contributed by atoms with Gasteiger partial charge in [0, 0.05) is 13.2 Å². The van der Waals surface area contributed by atoms with Gasteiger partial charge in [0.15, 0.2) is 11.5 Å². The summed E-state index contributed by atoms with van der Waals surface area (Å²) in [5.74, 6) is 1.14. The topological polar surface area (TPSA) is 66.0 Å². The molecule has 1 aliphatic rings. The summed E-state index contributed by atoms with van der Waals surface area (Å²) >= 11 is 0. The van der Waals surface area contributed by atoms with Crippen molar-refractivity contribution in [3.63, 3.8) is 0 Å². The van der Waals surface area contributed by atoms with Gasteiger partial charge in [-0.2, -0.15) is 0 Å². The molecule has 0 saturated heterocycles. The highest BCUT2D eigenvalue weighted by Gasteiger charge is 2.25. The second-order valence-electron chi connectivity index (χ2n) is 5.08. The standard InChI is InChI=1S/C16H23NO5/c1-19-6-7-22-16(18)10-13-12-9-15(21-3)14(20-2)8-11(12)4-5-17-13/h8-9,13,17H,4-7,10H2,1-3H3/t13-/m1/s1. The average Bonchev–Trinajstić information content (AvgIpc) is 2.54. The van der Waals surface area contributed by atoms with Crippen LogP contribution < -0.4 is 14.8 Å². The molecule has 0 aromatic heterocycles. The van der Waals surface area contributed by atoms with E-state index in [0.29, 0.717) is 18.1 Å². The maximum absolute atomic E-state index is 11.9. The SMILES string of the molecule is COCCOC(=O)C[C@H]1NCCc2cc(OC)c(OC)cc21. The number of rotatable bonds is 7. The fourth-order valence-corrected chi connectivity index (χ4v) is 2.62. The van der Waals surface area contributed by atoms with Crippen LogP contribution in [0.15, 0.2) is 12.1 Å². The Kier molecular flexibility index (Phi) is 6.03. The molecular weight excluding hydrogens is 286 g/mol. The first kappa shape index (κ1) is 16.6. The Hall–Kier alpha value is -1.79. The first-order valence-electron chi connectivity index (χ1n) is 7.32. The smallest absolute Gasteiger partial charge is 0.307 e. The van der Waals surface area contributed by atoms with Crippen LogP contribution in [-0.2, 0) is 20.7 Å². The molecule has 1 aromatic rings. The lowest BCUT2D eigenvalue weighted by atomic mass is 9.92. The predicted octanol–water partition coefficient (Wildman–Crippen LogP) is 1.47. The molecule has 0 spiro atoms. The van der Waals surface area contributed by atoms with Crippen LogP contribution in [0, 0.1) is 0 Å². The molecule has 0 amide bonds. The first-order valence-corrected chi connectivity index (χ1v) is 7.32. The highest BCUT2D eigenvalue weighted by atomic mass is 16.6. The lowest BCUT2D eigenvalue weighted by molar-refractivity contribution is -0.145. The molecule has 2 rings (SSSR count). The lowest BCUT2D eigenvalue weighted by Crippen LogP contribution is -2.32. The van der Waals surface area contributed by atoms with Crippen LogP contribution in [0.1, 0.15) is 23.6 Å². The normalized spacial score (nSPS) is 16.8. The number of esters is 1. The minimum Gasteiger partial charge on any atom is -0.493 e. The van der Waals surface area contributed by atoms with Crippen LogP contribution >= 0.6 is 0 Å².